The number of fused-ring (bicyclic) bond motifs is 2. The SMILES string of the molecule is CN1CCN(c2ncc(C(=O)NCCOCCC(=O)CCCCCn3nc(-c4ccc5oc(N)nc5c4)c4c(N)ncnc43)cn2)CC1. The van der Waals surface area contributed by atoms with E-state index < -0.39 is 0 Å². The van der Waals surface area contributed by atoms with Crippen LogP contribution in [-0.4, -0.2) is 104 Å². The number of carbonyl (C=O) groups excluding carboxylic acids is 2. The highest BCUT2D eigenvalue weighted by Crippen LogP contribution is 2.32. The number of Topliss-reactive ketones (excluding diaryl/α,β-unsaturated/α-hetero) is 1. The molecule has 0 aliphatic carbocycles. The van der Waals surface area contributed by atoms with Gasteiger partial charge < -0.3 is 35.7 Å². The number of anilines is 3. The molecule has 1 fully saturated rings. The van der Waals surface area contributed by atoms with Crippen LogP contribution in [0.4, 0.5) is 17.8 Å². The highest BCUT2D eigenvalue weighted by molar-refractivity contribution is 5.99. The van der Waals surface area contributed by atoms with Crippen molar-refractivity contribution in [3.05, 3.63) is 42.5 Å². The largest absolute Gasteiger partial charge is 0.424 e. The summed E-state index contributed by atoms with van der Waals surface area (Å²) in [5.74, 6) is 0.873. The Bertz CT molecular complexity index is 1860. The lowest BCUT2D eigenvalue weighted by molar-refractivity contribution is -0.120. The van der Waals surface area contributed by atoms with Crippen LogP contribution in [0.3, 0.4) is 0 Å². The van der Waals surface area contributed by atoms with Gasteiger partial charge in [0.1, 0.15) is 29.1 Å². The van der Waals surface area contributed by atoms with Crippen molar-refractivity contribution in [2.45, 2.75) is 38.6 Å². The minimum absolute atomic E-state index is 0.0994. The minimum Gasteiger partial charge on any atom is -0.424 e. The van der Waals surface area contributed by atoms with Gasteiger partial charge in [-0.25, -0.2) is 24.6 Å². The van der Waals surface area contributed by atoms with Crippen molar-refractivity contribution in [3.8, 4) is 11.3 Å². The number of aromatic nitrogens is 7. The normalized spacial score (nSPS) is 13.8. The van der Waals surface area contributed by atoms with Crippen LogP contribution >= 0.6 is 0 Å². The molecule has 5 N–H and O–H groups in total. The number of nitrogen functional groups attached to an aromatic ring is 2. The molecule has 0 radical (unpaired) electrons. The lowest BCUT2D eigenvalue weighted by Crippen LogP contribution is -2.45. The number of hydrogen-bond donors (Lipinski definition) is 3. The number of benzene rings is 1. The molecule has 0 atom stereocenters. The van der Waals surface area contributed by atoms with Crippen molar-refractivity contribution in [2.24, 2.45) is 0 Å². The fraction of sp³-hybridized carbons (Fsp3) is 0.438. The molecule has 0 spiro atoms. The fourth-order valence-corrected chi connectivity index (χ4v) is 5.60. The van der Waals surface area contributed by atoms with E-state index in [4.69, 9.17) is 25.7 Å². The second kappa shape index (κ2) is 15.1. The molecule has 6 rings (SSSR count). The Morgan fingerprint density at radius 2 is 1.79 bits per heavy atom. The minimum atomic E-state index is -0.256. The average molecular weight is 657 g/mol. The number of nitrogens with zero attached hydrogens (tertiary/aromatic N) is 9. The summed E-state index contributed by atoms with van der Waals surface area (Å²) in [6.07, 6.45) is 7.76. The first-order valence-electron chi connectivity index (χ1n) is 16.1. The number of oxazole rings is 1. The molecule has 48 heavy (non-hydrogen) atoms. The third kappa shape index (κ3) is 7.83. The number of rotatable bonds is 15. The van der Waals surface area contributed by atoms with Crippen LogP contribution in [0.5, 0.6) is 0 Å². The summed E-state index contributed by atoms with van der Waals surface area (Å²) in [4.78, 5) is 50.7. The molecular formula is C32H40N12O4. The monoisotopic (exact) mass is 656 g/mol. The molecule has 5 heterocycles. The molecule has 1 amide bonds. The zero-order valence-corrected chi connectivity index (χ0v) is 27.0. The second-order valence-electron chi connectivity index (χ2n) is 11.8. The summed E-state index contributed by atoms with van der Waals surface area (Å²) in [7, 11) is 2.09. The Balaban J connectivity index is 0.874. The van der Waals surface area contributed by atoms with Crippen molar-refractivity contribution in [1.29, 1.82) is 0 Å². The van der Waals surface area contributed by atoms with E-state index in [1.54, 1.807) is 18.5 Å². The van der Waals surface area contributed by atoms with Gasteiger partial charge in [0.15, 0.2) is 11.2 Å². The van der Waals surface area contributed by atoms with Crippen molar-refractivity contribution in [1.82, 2.24) is 44.9 Å². The van der Waals surface area contributed by atoms with Crippen molar-refractivity contribution in [2.75, 3.05) is 69.4 Å². The van der Waals surface area contributed by atoms with E-state index >= 15 is 0 Å². The van der Waals surface area contributed by atoms with Gasteiger partial charge in [-0.15, -0.1) is 0 Å². The Morgan fingerprint density at radius 1 is 0.979 bits per heavy atom. The first-order chi connectivity index (χ1) is 23.4. The Labute approximate surface area is 276 Å². The zero-order valence-electron chi connectivity index (χ0n) is 27.0. The summed E-state index contributed by atoms with van der Waals surface area (Å²) in [5, 5.41) is 8.29. The van der Waals surface area contributed by atoms with Gasteiger partial charge in [-0.2, -0.15) is 10.1 Å². The molecule has 5 aromatic rings. The number of unbranched alkanes of at least 4 members (excludes halogenated alkanes) is 2. The number of likely N-dealkylation sites (N-methyl/N-ethyl adjacent to an activating group) is 1. The third-order valence-corrected chi connectivity index (χ3v) is 8.31. The van der Waals surface area contributed by atoms with E-state index in [2.05, 4.69) is 47.1 Å². The molecule has 1 saturated heterocycles. The number of ketones is 1. The topological polar surface area (TPSA) is 209 Å². The van der Waals surface area contributed by atoms with Crippen LogP contribution in [0, 0.1) is 0 Å². The molecular weight excluding hydrogens is 616 g/mol. The van der Waals surface area contributed by atoms with Gasteiger partial charge in [0.25, 0.3) is 11.9 Å². The number of amides is 1. The van der Waals surface area contributed by atoms with Crippen LogP contribution in [0.2, 0.25) is 0 Å². The van der Waals surface area contributed by atoms with Crippen molar-refractivity contribution >= 4 is 51.6 Å². The molecule has 1 aliphatic heterocycles. The van der Waals surface area contributed by atoms with Crippen LogP contribution in [0.1, 0.15) is 42.5 Å². The third-order valence-electron chi connectivity index (χ3n) is 8.31. The lowest BCUT2D eigenvalue weighted by atomic mass is 10.1. The number of carbonyl (C=O) groups is 2. The molecule has 0 unspecified atom stereocenters. The van der Waals surface area contributed by atoms with Crippen molar-refractivity contribution < 1.29 is 18.7 Å². The maximum Gasteiger partial charge on any atom is 0.292 e. The van der Waals surface area contributed by atoms with Gasteiger partial charge in [-0.1, -0.05) is 6.42 Å². The number of nitrogens with one attached hydrogen (secondary N) is 1. The highest BCUT2D eigenvalue weighted by Gasteiger charge is 2.19. The van der Waals surface area contributed by atoms with Crippen LogP contribution < -0.4 is 21.7 Å². The van der Waals surface area contributed by atoms with Crippen LogP contribution in [-0.2, 0) is 16.1 Å². The van der Waals surface area contributed by atoms with Gasteiger partial charge in [0.05, 0.1) is 24.2 Å². The smallest absolute Gasteiger partial charge is 0.292 e. The molecule has 0 saturated carbocycles. The van der Waals surface area contributed by atoms with E-state index in [-0.39, 0.29) is 17.7 Å². The highest BCUT2D eigenvalue weighted by atomic mass is 16.5. The zero-order chi connectivity index (χ0) is 33.5. The van der Waals surface area contributed by atoms with Gasteiger partial charge in [0.2, 0.25) is 5.95 Å². The second-order valence-corrected chi connectivity index (χ2v) is 11.8. The van der Waals surface area contributed by atoms with Crippen LogP contribution in [0.25, 0.3) is 33.4 Å². The predicted molar refractivity (Wildman–Crippen MR) is 180 cm³/mol. The van der Waals surface area contributed by atoms with Gasteiger partial charge in [-0.3, -0.25) is 9.59 Å². The standard InChI is InChI=1S/C32H40N12O4/c1-42-11-13-43(14-12-42)32-36-18-22(19-37-32)30(46)35-9-16-47-15-8-23(45)5-3-2-4-10-44-29-26(28(33)38-20-39-29)27(41-44)21-6-7-25-24(17-21)40-31(34)48-25/h6-7,17-20H,2-5,8-16H2,1H3,(H2,34,40)(H,35,46)(H2,33,38,39). The van der Waals surface area contributed by atoms with E-state index in [1.165, 1.54) is 6.33 Å². The molecule has 16 nitrogen and oxygen atoms in total. The number of aryl methyl sites for hydroxylation is 1. The summed E-state index contributed by atoms with van der Waals surface area (Å²) < 4.78 is 12.8. The number of ether oxygens (including phenoxy) is 1. The fourth-order valence-electron chi connectivity index (χ4n) is 5.60. The van der Waals surface area contributed by atoms with E-state index in [0.717, 1.165) is 51.0 Å². The lowest BCUT2D eigenvalue weighted by Gasteiger charge is -2.32. The van der Waals surface area contributed by atoms with Crippen LogP contribution in [0.15, 0.2) is 41.3 Å². The Hall–Kier alpha value is -5.22. The van der Waals surface area contributed by atoms with Crippen molar-refractivity contribution in [3.63, 3.8) is 0 Å². The van der Waals surface area contributed by atoms with E-state index in [9.17, 15) is 9.59 Å². The van der Waals surface area contributed by atoms with E-state index in [1.807, 2.05) is 16.8 Å². The summed E-state index contributed by atoms with van der Waals surface area (Å²) in [6.45, 7) is 5.21. The summed E-state index contributed by atoms with van der Waals surface area (Å²) in [5.41, 5.74) is 15.7. The molecule has 1 aromatic carbocycles. The maximum atomic E-state index is 12.4. The number of hydrogen-bond acceptors (Lipinski definition) is 14. The molecule has 4 aromatic heterocycles. The quantitative estimate of drug-likeness (QED) is 0.138. The number of piperazine rings is 1. The number of nitrogens with two attached hydrogens (primary N) is 2. The predicted octanol–water partition coefficient (Wildman–Crippen LogP) is 2.31. The maximum absolute atomic E-state index is 12.4. The first kappa shape index (κ1) is 32.7. The molecule has 16 heteroatoms. The van der Waals surface area contributed by atoms with Gasteiger partial charge >= 0.3 is 0 Å². The average Bonchev–Trinajstić information content (AvgIpc) is 3.66. The molecule has 252 valence electrons. The van der Waals surface area contributed by atoms with Gasteiger partial charge in [0, 0.05) is 70.1 Å². The van der Waals surface area contributed by atoms with Gasteiger partial charge in [-0.05, 0) is 38.1 Å². The Kier molecular flexibility index (Phi) is 10.3. The molecule has 1 aliphatic rings. The summed E-state index contributed by atoms with van der Waals surface area (Å²) >= 11 is 0. The first-order valence-corrected chi connectivity index (χ1v) is 16.1. The summed E-state index contributed by atoms with van der Waals surface area (Å²) in [6, 6.07) is 5.62. The van der Waals surface area contributed by atoms with E-state index in [0.29, 0.717) is 84.3 Å². The Morgan fingerprint density at radius 3 is 2.60 bits per heavy atom. The molecule has 0 bridgehead atoms.